The minimum Gasteiger partial charge on any atom is -0.289 e. The minimum absolute atomic E-state index is 0.128. The quantitative estimate of drug-likeness (QED) is 0.708. The lowest BCUT2D eigenvalue weighted by Gasteiger charge is -2.18. The van der Waals surface area contributed by atoms with Crippen molar-refractivity contribution in [1.82, 2.24) is 0 Å². The molecule has 96 valence electrons. The number of benzene rings is 1. The van der Waals surface area contributed by atoms with Crippen molar-refractivity contribution in [1.29, 1.82) is 0 Å². The number of carbonyl (C=O) groups excluding carboxylic acids is 1. The molecule has 1 aromatic carbocycles. The highest BCUT2D eigenvalue weighted by molar-refractivity contribution is 6.09. The molecule has 0 saturated heterocycles. The molecule has 0 heterocycles. The Bertz CT molecular complexity index is 491. The number of rotatable bonds is 2. The van der Waals surface area contributed by atoms with Gasteiger partial charge in [-0.2, -0.15) is 0 Å². The monoisotopic (exact) mass is 246 g/mol. The first-order chi connectivity index (χ1) is 8.49. The Morgan fingerprint density at radius 3 is 2.61 bits per heavy atom. The highest BCUT2D eigenvalue weighted by atomic mass is 19.1. The number of carbonyl (C=O) groups is 1. The first-order valence-corrected chi connectivity index (χ1v) is 6.49. The Labute approximate surface area is 108 Å². The van der Waals surface area contributed by atoms with E-state index in [-0.39, 0.29) is 11.3 Å². The molecule has 1 aromatic rings. The third kappa shape index (κ3) is 2.53. The van der Waals surface area contributed by atoms with E-state index < -0.39 is 5.82 Å². The van der Waals surface area contributed by atoms with Gasteiger partial charge in [0.1, 0.15) is 5.82 Å². The van der Waals surface area contributed by atoms with Gasteiger partial charge in [-0.05, 0) is 61.8 Å². The lowest BCUT2D eigenvalue weighted by molar-refractivity contribution is 0.102. The van der Waals surface area contributed by atoms with Crippen LogP contribution < -0.4 is 0 Å². The molecule has 0 bridgehead atoms. The zero-order valence-electron chi connectivity index (χ0n) is 11.2. The first kappa shape index (κ1) is 13.0. The molecule has 1 atom stereocenters. The van der Waals surface area contributed by atoms with Crippen LogP contribution in [-0.4, -0.2) is 5.78 Å². The van der Waals surface area contributed by atoms with E-state index in [1.807, 2.05) is 19.1 Å². The SMILES string of the molecule is Cc1cc(C)c(C(=O)C2=CCC(C)CC2)c(F)c1. The molecule has 1 unspecified atom stereocenters. The summed E-state index contributed by atoms with van der Waals surface area (Å²) in [6, 6.07) is 3.30. The zero-order chi connectivity index (χ0) is 13.3. The molecule has 0 fully saturated rings. The van der Waals surface area contributed by atoms with E-state index >= 15 is 0 Å². The number of ketones is 1. The van der Waals surface area contributed by atoms with E-state index in [2.05, 4.69) is 6.92 Å². The van der Waals surface area contributed by atoms with E-state index in [4.69, 9.17) is 0 Å². The zero-order valence-corrected chi connectivity index (χ0v) is 11.2. The van der Waals surface area contributed by atoms with Gasteiger partial charge in [0.05, 0.1) is 5.56 Å². The molecule has 2 heteroatoms. The van der Waals surface area contributed by atoms with Gasteiger partial charge >= 0.3 is 0 Å². The predicted octanol–water partition coefficient (Wildman–Crippen LogP) is 4.37. The van der Waals surface area contributed by atoms with Crippen LogP contribution in [0.3, 0.4) is 0 Å². The van der Waals surface area contributed by atoms with Crippen LogP contribution in [-0.2, 0) is 0 Å². The lowest BCUT2D eigenvalue weighted by atomic mass is 9.86. The summed E-state index contributed by atoms with van der Waals surface area (Å²) in [6.45, 7) is 5.82. The van der Waals surface area contributed by atoms with Crippen molar-refractivity contribution in [3.8, 4) is 0 Å². The highest BCUT2D eigenvalue weighted by Crippen LogP contribution is 2.27. The maximum atomic E-state index is 13.9. The largest absolute Gasteiger partial charge is 0.289 e. The number of hydrogen-bond donors (Lipinski definition) is 0. The summed E-state index contributed by atoms with van der Waals surface area (Å²) in [5, 5.41) is 0. The van der Waals surface area contributed by atoms with Gasteiger partial charge in [0.25, 0.3) is 0 Å². The number of aryl methyl sites for hydroxylation is 2. The van der Waals surface area contributed by atoms with Gasteiger partial charge in [-0.15, -0.1) is 0 Å². The van der Waals surface area contributed by atoms with Crippen molar-refractivity contribution in [3.05, 3.63) is 46.3 Å². The summed E-state index contributed by atoms with van der Waals surface area (Å²) >= 11 is 0. The summed E-state index contributed by atoms with van der Waals surface area (Å²) < 4.78 is 13.9. The molecule has 18 heavy (non-hydrogen) atoms. The molecular formula is C16H19FO. The van der Waals surface area contributed by atoms with Gasteiger partial charge in [0, 0.05) is 0 Å². The predicted molar refractivity (Wildman–Crippen MR) is 71.3 cm³/mol. The van der Waals surface area contributed by atoms with Gasteiger partial charge in [0.2, 0.25) is 0 Å². The summed E-state index contributed by atoms with van der Waals surface area (Å²) in [5.74, 6) is 0.111. The van der Waals surface area contributed by atoms with Crippen LogP contribution in [0.2, 0.25) is 0 Å². The van der Waals surface area contributed by atoms with Crippen LogP contribution in [0.4, 0.5) is 4.39 Å². The van der Waals surface area contributed by atoms with Crippen LogP contribution in [0.5, 0.6) is 0 Å². The molecule has 0 amide bonds. The summed E-state index contributed by atoms with van der Waals surface area (Å²) in [4.78, 5) is 12.4. The van der Waals surface area contributed by atoms with Crippen molar-refractivity contribution >= 4 is 5.78 Å². The van der Waals surface area contributed by atoms with Gasteiger partial charge in [0.15, 0.2) is 5.78 Å². The van der Waals surface area contributed by atoms with Gasteiger partial charge in [-0.1, -0.05) is 19.1 Å². The molecular weight excluding hydrogens is 227 g/mol. The van der Waals surface area contributed by atoms with Gasteiger partial charge < -0.3 is 0 Å². The van der Waals surface area contributed by atoms with Crippen molar-refractivity contribution in [2.24, 2.45) is 5.92 Å². The van der Waals surface area contributed by atoms with E-state index in [1.54, 1.807) is 6.92 Å². The fourth-order valence-corrected chi connectivity index (χ4v) is 2.54. The van der Waals surface area contributed by atoms with Crippen molar-refractivity contribution < 1.29 is 9.18 Å². The third-order valence-electron chi connectivity index (χ3n) is 3.62. The van der Waals surface area contributed by atoms with E-state index in [1.165, 1.54) is 6.07 Å². The third-order valence-corrected chi connectivity index (χ3v) is 3.62. The van der Waals surface area contributed by atoms with Crippen molar-refractivity contribution in [3.63, 3.8) is 0 Å². The fourth-order valence-electron chi connectivity index (χ4n) is 2.54. The molecule has 0 aliphatic heterocycles. The van der Waals surface area contributed by atoms with Crippen LogP contribution in [0.1, 0.15) is 47.7 Å². The first-order valence-electron chi connectivity index (χ1n) is 6.49. The Kier molecular flexibility index (Phi) is 3.65. The summed E-state index contributed by atoms with van der Waals surface area (Å²) in [7, 11) is 0. The van der Waals surface area contributed by atoms with Crippen LogP contribution in [0.15, 0.2) is 23.8 Å². The lowest BCUT2D eigenvalue weighted by Crippen LogP contribution is -2.13. The normalized spacial score (nSPS) is 19.6. The van der Waals surface area contributed by atoms with Crippen molar-refractivity contribution in [2.75, 3.05) is 0 Å². The molecule has 0 spiro atoms. The topological polar surface area (TPSA) is 17.1 Å². The minimum atomic E-state index is -0.392. The fraction of sp³-hybridized carbons (Fsp3) is 0.438. The molecule has 0 aromatic heterocycles. The molecule has 1 nitrogen and oxygen atoms in total. The number of Topliss-reactive ketones (excluding diaryl/α,β-unsaturated/α-hetero) is 1. The molecule has 0 radical (unpaired) electrons. The Hall–Kier alpha value is -1.44. The number of allylic oxidation sites excluding steroid dienone is 2. The Balaban J connectivity index is 2.35. The highest BCUT2D eigenvalue weighted by Gasteiger charge is 2.21. The van der Waals surface area contributed by atoms with E-state index in [0.29, 0.717) is 5.92 Å². The molecule has 0 N–H and O–H groups in total. The van der Waals surface area contributed by atoms with E-state index in [9.17, 15) is 9.18 Å². The molecule has 0 saturated carbocycles. The number of halogens is 1. The molecule has 2 rings (SSSR count). The average Bonchev–Trinajstić information content (AvgIpc) is 2.28. The second-order valence-electron chi connectivity index (χ2n) is 5.38. The molecule has 1 aliphatic rings. The standard InChI is InChI=1S/C16H19FO/c1-10-4-6-13(7-5-10)16(18)15-12(3)8-11(2)9-14(15)17/h6,8-10H,4-5,7H2,1-3H3. The summed E-state index contributed by atoms with van der Waals surface area (Å²) in [6.07, 6.45) is 4.69. The maximum Gasteiger partial charge on any atom is 0.191 e. The second-order valence-corrected chi connectivity index (χ2v) is 5.38. The summed E-state index contributed by atoms with van der Waals surface area (Å²) in [5.41, 5.74) is 2.62. The molecule has 1 aliphatic carbocycles. The van der Waals surface area contributed by atoms with Crippen LogP contribution >= 0.6 is 0 Å². The average molecular weight is 246 g/mol. The van der Waals surface area contributed by atoms with Crippen LogP contribution in [0.25, 0.3) is 0 Å². The van der Waals surface area contributed by atoms with Gasteiger partial charge in [-0.3, -0.25) is 4.79 Å². The van der Waals surface area contributed by atoms with Crippen molar-refractivity contribution in [2.45, 2.75) is 40.0 Å². The maximum absolute atomic E-state index is 13.9. The second kappa shape index (κ2) is 5.05. The number of hydrogen-bond acceptors (Lipinski definition) is 1. The van der Waals surface area contributed by atoms with Gasteiger partial charge in [-0.25, -0.2) is 4.39 Å². The smallest absolute Gasteiger partial charge is 0.191 e. The Morgan fingerprint density at radius 2 is 2.06 bits per heavy atom. The Morgan fingerprint density at radius 1 is 1.33 bits per heavy atom. The van der Waals surface area contributed by atoms with E-state index in [0.717, 1.165) is 36.0 Å². The van der Waals surface area contributed by atoms with Crippen LogP contribution in [0, 0.1) is 25.6 Å².